The van der Waals surface area contributed by atoms with E-state index >= 15 is 0 Å². The number of halogens is 3. The number of hydrogen-bond acceptors (Lipinski definition) is 5. The van der Waals surface area contributed by atoms with E-state index in [0.29, 0.717) is 30.8 Å². The van der Waals surface area contributed by atoms with Crippen molar-refractivity contribution < 1.29 is 14.3 Å². The van der Waals surface area contributed by atoms with Gasteiger partial charge in [0.1, 0.15) is 29.8 Å². The fourth-order valence-electron chi connectivity index (χ4n) is 3.81. The number of Topliss-reactive ketones (excluding diaryl/α,β-unsaturated/α-hetero) is 1. The van der Waals surface area contributed by atoms with Gasteiger partial charge in [0, 0.05) is 22.9 Å². The summed E-state index contributed by atoms with van der Waals surface area (Å²) in [6.45, 7) is 0.444. The highest BCUT2D eigenvalue weighted by molar-refractivity contribution is 14.1. The molecule has 0 saturated heterocycles. The Morgan fingerprint density at radius 1 is 1.19 bits per heavy atom. The summed E-state index contributed by atoms with van der Waals surface area (Å²) < 4.78 is 14.6. The number of hydrogen-bond donors (Lipinski definition) is 1. The Bertz CT molecular complexity index is 1140. The molecule has 2 aliphatic rings. The van der Waals surface area contributed by atoms with Gasteiger partial charge in [-0.25, -0.2) is 0 Å². The minimum atomic E-state index is -0.510. The normalized spacial score (nSPS) is 18.4. The van der Waals surface area contributed by atoms with Crippen LogP contribution in [0.2, 0.25) is 0 Å². The molecule has 8 heteroatoms. The smallest absolute Gasteiger partial charge is 0.205 e. The number of ether oxygens (including phenoxy) is 2. The third-order valence-corrected chi connectivity index (χ3v) is 7.39. The summed E-state index contributed by atoms with van der Waals surface area (Å²) in [7, 11) is 0. The zero-order valence-electron chi connectivity index (χ0n) is 16.3. The maximum absolute atomic E-state index is 12.8. The summed E-state index contributed by atoms with van der Waals surface area (Å²) in [6.07, 6.45) is 1.84. The molecule has 5 nitrogen and oxygen atoms in total. The second-order valence-electron chi connectivity index (χ2n) is 7.27. The molecule has 0 aromatic heterocycles. The van der Waals surface area contributed by atoms with E-state index < -0.39 is 5.92 Å². The summed E-state index contributed by atoms with van der Waals surface area (Å²) in [5.74, 6) is 0.968. The molecule has 0 fully saturated rings. The van der Waals surface area contributed by atoms with Crippen LogP contribution in [0.15, 0.2) is 63.7 Å². The van der Waals surface area contributed by atoms with Crippen molar-refractivity contribution in [1.29, 1.82) is 5.26 Å². The van der Waals surface area contributed by atoms with Gasteiger partial charge in [-0.2, -0.15) is 5.26 Å². The monoisotopic (exact) mass is 702 g/mol. The molecule has 4 rings (SSSR count). The van der Waals surface area contributed by atoms with Crippen LogP contribution in [0, 0.1) is 18.5 Å². The van der Waals surface area contributed by atoms with E-state index in [0.717, 1.165) is 34.9 Å². The SMILES string of the molecule is N#CC1=C(N)OC2=C(C(=O)CCC2)[C@@H]1c1cc(I)c(OCc2ccc(Br)cc2)c(I)c1. The van der Waals surface area contributed by atoms with Crippen molar-refractivity contribution >= 4 is 66.9 Å². The molecule has 0 radical (unpaired) electrons. The van der Waals surface area contributed by atoms with Crippen molar-refractivity contribution in [1.82, 2.24) is 0 Å². The van der Waals surface area contributed by atoms with Crippen LogP contribution in [0.3, 0.4) is 0 Å². The van der Waals surface area contributed by atoms with Gasteiger partial charge in [0.2, 0.25) is 5.88 Å². The van der Waals surface area contributed by atoms with Crippen LogP contribution in [-0.2, 0) is 16.1 Å². The van der Waals surface area contributed by atoms with E-state index in [9.17, 15) is 10.1 Å². The standard InChI is InChI=1S/C23H17BrI2N2O3/c24-14-6-4-12(5-7-14)11-30-22-16(25)8-13(9-17(22)26)20-15(10-27)23(28)31-19-3-1-2-18(29)21(19)20/h4-9,20H,1-3,11,28H2/t20-/m1/s1. The molecule has 2 N–H and O–H groups in total. The Morgan fingerprint density at radius 3 is 2.52 bits per heavy atom. The highest BCUT2D eigenvalue weighted by Gasteiger charge is 2.38. The minimum Gasteiger partial charge on any atom is -0.487 e. The van der Waals surface area contributed by atoms with Crippen molar-refractivity contribution in [3.05, 3.63) is 81.9 Å². The number of ketones is 1. The maximum Gasteiger partial charge on any atom is 0.205 e. The van der Waals surface area contributed by atoms with Crippen molar-refractivity contribution in [3.8, 4) is 11.8 Å². The van der Waals surface area contributed by atoms with Gasteiger partial charge >= 0.3 is 0 Å². The number of nitrogens with two attached hydrogens (primary N) is 1. The molecule has 1 heterocycles. The summed E-state index contributed by atoms with van der Waals surface area (Å²) in [6, 6.07) is 14.1. The van der Waals surface area contributed by atoms with Gasteiger partial charge in [0.15, 0.2) is 5.78 Å². The van der Waals surface area contributed by atoms with Gasteiger partial charge in [-0.1, -0.05) is 28.1 Å². The number of carbonyl (C=O) groups excluding carboxylic acids is 1. The summed E-state index contributed by atoms with van der Waals surface area (Å²) in [5.41, 5.74) is 8.81. The van der Waals surface area contributed by atoms with Crippen LogP contribution in [0.1, 0.15) is 36.3 Å². The topological polar surface area (TPSA) is 85.3 Å². The van der Waals surface area contributed by atoms with E-state index in [-0.39, 0.29) is 17.2 Å². The second-order valence-corrected chi connectivity index (χ2v) is 10.5. The highest BCUT2D eigenvalue weighted by atomic mass is 127. The molecule has 158 valence electrons. The molecular formula is C23H17BrI2N2O3. The van der Waals surface area contributed by atoms with Crippen LogP contribution >= 0.6 is 61.1 Å². The fraction of sp³-hybridized carbons (Fsp3) is 0.217. The molecule has 2 aromatic carbocycles. The van der Waals surface area contributed by atoms with E-state index in [1.165, 1.54) is 0 Å². The number of nitrogens with zero attached hydrogens (tertiary/aromatic N) is 1. The molecule has 1 atom stereocenters. The lowest BCUT2D eigenvalue weighted by Crippen LogP contribution is -2.27. The third-order valence-electron chi connectivity index (χ3n) is 5.26. The van der Waals surface area contributed by atoms with Crippen molar-refractivity contribution in [3.63, 3.8) is 0 Å². The maximum atomic E-state index is 12.8. The molecule has 0 bridgehead atoms. The fourth-order valence-corrected chi connectivity index (χ4v) is 6.20. The van der Waals surface area contributed by atoms with Gasteiger partial charge in [-0.15, -0.1) is 0 Å². The zero-order valence-corrected chi connectivity index (χ0v) is 22.2. The van der Waals surface area contributed by atoms with E-state index in [2.05, 4.69) is 67.2 Å². The van der Waals surface area contributed by atoms with Crippen LogP contribution in [0.4, 0.5) is 0 Å². The highest BCUT2D eigenvalue weighted by Crippen LogP contribution is 2.45. The molecule has 2 aromatic rings. The van der Waals surface area contributed by atoms with E-state index in [4.69, 9.17) is 15.2 Å². The van der Waals surface area contributed by atoms with Gasteiger partial charge < -0.3 is 15.2 Å². The molecule has 0 saturated carbocycles. The predicted molar refractivity (Wildman–Crippen MR) is 137 cm³/mol. The van der Waals surface area contributed by atoms with E-state index in [1.807, 2.05) is 36.4 Å². The largest absolute Gasteiger partial charge is 0.487 e. The number of benzene rings is 2. The lowest BCUT2D eigenvalue weighted by Gasteiger charge is -2.31. The summed E-state index contributed by atoms with van der Waals surface area (Å²) in [5, 5.41) is 9.76. The minimum absolute atomic E-state index is 0.0204. The molecule has 0 spiro atoms. The van der Waals surface area contributed by atoms with Gasteiger partial charge in [0.25, 0.3) is 0 Å². The molecular weight excluding hydrogens is 686 g/mol. The number of allylic oxidation sites excluding steroid dienone is 3. The Kier molecular flexibility index (Phi) is 6.93. The van der Waals surface area contributed by atoms with Crippen LogP contribution in [0.5, 0.6) is 5.75 Å². The average molecular weight is 703 g/mol. The van der Waals surface area contributed by atoms with Crippen LogP contribution in [-0.4, -0.2) is 5.78 Å². The van der Waals surface area contributed by atoms with Crippen molar-refractivity contribution in [2.24, 2.45) is 5.73 Å². The first-order chi connectivity index (χ1) is 14.9. The first-order valence-electron chi connectivity index (χ1n) is 9.59. The van der Waals surface area contributed by atoms with Gasteiger partial charge in [0.05, 0.1) is 13.1 Å². The number of rotatable bonds is 4. The number of carbonyl (C=O) groups is 1. The van der Waals surface area contributed by atoms with Gasteiger partial charge in [-0.3, -0.25) is 4.79 Å². The third kappa shape index (κ3) is 4.64. The quantitative estimate of drug-likeness (QED) is 0.393. The Morgan fingerprint density at radius 2 is 1.87 bits per heavy atom. The number of nitriles is 1. The first kappa shape index (κ1) is 22.6. The van der Waals surface area contributed by atoms with Crippen LogP contribution in [0.25, 0.3) is 0 Å². The van der Waals surface area contributed by atoms with Crippen molar-refractivity contribution in [2.45, 2.75) is 31.8 Å². The second kappa shape index (κ2) is 9.50. The Balaban J connectivity index is 1.69. The first-order valence-corrected chi connectivity index (χ1v) is 12.5. The molecule has 31 heavy (non-hydrogen) atoms. The van der Waals surface area contributed by atoms with Gasteiger partial charge in [-0.05, 0) is 87.0 Å². The van der Waals surface area contributed by atoms with Crippen molar-refractivity contribution in [2.75, 3.05) is 0 Å². The molecule has 1 aliphatic carbocycles. The molecule has 0 unspecified atom stereocenters. The molecule has 1 aliphatic heterocycles. The Labute approximate surface area is 216 Å². The van der Waals surface area contributed by atoms with Crippen LogP contribution < -0.4 is 10.5 Å². The Hall–Kier alpha value is -1.58. The summed E-state index contributed by atoms with van der Waals surface area (Å²) in [4.78, 5) is 12.8. The zero-order chi connectivity index (χ0) is 22.1. The van der Waals surface area contributed by atoms with E-state index in [1.54, 1.807) is 0 Å². The summed E-state index contributed by atoms with van der Waals surface area (Å²) >= 11 is 7.91. The lowest BCUT2D eigenvalue weighted by atomic mass is 9.77. The molecule has 0 amide bonds. The lowest BCUT2D eigenvalue weighted by molar-refractivity contribution is -0.116. The predicted octanol–water partition coefficient (Wildman–Crippen LogP) is 6.05. The average Bonchev–Trinajstić information content (AvgIpc) is 2.73.